The molecule has 0 radical (unpaired) electrons. The number of aromatic nitrogens is 5. The monoisotopic (exact) mass is 423 g/mol. The molecule has 0 saturated carbocycles. The molecule has 0 atom stereocenters. The van der Waals surface area contributed by atoms with Gasteiger partial charge in [0.1, 0.15) is 17.5 Å². The summed E-state index contributed by atoms with van der Waals surface area (Å²) >= 11 is 1.63. The van der Waals surface area contributed by atoms with Crippen LogP contribution in [0.5, 0.6) is 0 Å². The fourth-order valence-corrected chi connectivity index (χ4v) is 4.37. The number of rotatable bonds is 7. The number of hydrogen-bond acceptors (Lipinski definition) is 8. The van der Waals surface area contributed by atoms with E-state index in [1.54, 1.807) is 11.3 Å². The first-order chi connectivity index (χ1) is 14.5. The minimum absolute atomic E-state index is 0.372. The average molecular weight is 424 g/mol. The maximum absolute atomic E-state index is 4.69. The Morgan fingerprint density at radius 1 is 1.10 bits per heavy atom. The molecule has 1 fully saturated rings. The Labute approximate surface area is 182 Å². The molecule has 8 heteroatoms. The van der Waals surface area contributed by atoms with Crippen molar-refractivity contribution in [2.45, 2.75) is 52.5 Å². The van der Waals surface area contributed by atoms with Gasteiger partial charge >= 0.3 is 0 Å². The third-order valence-corrected chi connectivity index (χ3v) is 6.22. The normalized spacial score (nSPS) is 15.6. The highest BCUT2D eigenvalue weighted by Crippen LogP contribution is 2.24. The lowest BCUT2D eigenvalue weighted by atomic mass is 9.93. The SMILES string of the molecule is Cc1cnc(Nc2ccnc(CC3CCN(Cc4cnc(C(C)C)nc4)CC3)n2)s1. The molecule has 3 aromatic rings. The minimum atomic E-state index is 0.372. The maximum Gasteiger partial charge on any atom is 0.188 e. The summed E-state index contributed by atoms with van der Waals surface area (Å²) in [5.74, 6) is 3.63. The highest BCUT2D eigenvalue weighted by molar-refractivity contribution is 7.15. The summed E-state index contributed by atoms with van der Waals surface area (Å²) in [7, 11) is 0. The molecule has 30 heavy (non-hydrogen) atoms. The lowest BCUT2D eigenvalue weighted by Crippen LogP contribution is -2.34. The Morgan fingerprint density at radius 3 is 2.53 bits per heavy atom. The molecule has 7 nitrogen and oxygen atoms in total. The minimum Gasteiger partial charge on any atom is -0.316 e. The third-order valence-electron chi connectivity index (χ3n) is 5.39. The van der Waals surface area contributed by atoms with E-state index < -0.39 is 0 Å². The molecule has 158 valence electrons. The van der Waals surface area contributed by atoms with Crippen molar-refractivity contribution in [3.05, 3.63) is 52.9 Å². The number of likely N-dealkylation sites (tertiary alicyclic amines) is 1. The Hall–Kier alpha value is -2.45. The van der Waals surface area contributed by atoms with Gasteiger partial charge in [0.2, 0.25) is 0 Å². The average Bonchev–Trinajstić information content (AvgIpc) is 3.15. The van der Waals surface area contributed by atoms with Gasteiger partial charge in [-0.05, 0) is 44.8 Å². The first kappa shape index (κ1) is 20.8. The molecule has 0 aliphatic carbocycles. The molecule has 4 rings (SSSR count). The second-order valence-electron chi connectivity index (χ2n) is 8.29. The number of hydrogen-bond donors (Lipinski definition) is 1. The highest BCUT2D eigenvalue weighted by atomic mass is 32.1. The van der Waals surface area contributed by atoms with E-state index in [4.69, 9.17) is 4.98 Å². The summed E-state index contributed by atoms with van der Waals surface area (Å²) < 4.78 is 0. The van der Waals surface area contributed by atoms with Crippen LogP contribution in [0.2, 0.25) is 0 Å². The van der Waals surface area contributed by atoms with Crippen LogP contribution in [0.3, 0.4) is 0 Å². The molecule has 1 aliphatic heterocycles. The molecular weight excluding hydrogens is 394 g/mol. The summed E-state index contributed by atoms with van der Waals surface area (Å²) in [6.07, 6.45) is 10.9. The zero-order chi connectivity index (χ0) is 20.9. The van der Waals surface area contributed by atoms with E-state index in [1.165, 1.54) is 10.4 Å². The van der Waals surface area contributed by atoms with Gasteiger partial charge in [0, 0.05) is 54.1 Å². The Morgan fingerprint density at radius 2 is 1.87 bits per heavy atom. The molecular formula is C22H29N7S. The standard InChI is InChI=1S/C22H29N7S/c1-15(2)21-24-12-18(13-25-21)14-29-8-5-17(6-9-29)10-20-23-7-4-19(27-20)28-22-26-11-16(3)30-22/h4,7,11-13,15,17H,5-6,8-10,14H2,1-3H3,(H,23,26,27,28). The highest BCUT2D eigenvalue weighted by Gasteiger charge is 2.21. The molecule has 0 spiro atoms. The van der Waals surface area contributed by atoms with Crippen LogP contribution in [0, 0.1) is 12.8 Å². The topological polar surface area (TPSA) is 79.7 Å². The summed E-state index contributed by atoms with van der Waals surface area (Å²) in [5.41, 5.74) is 1.19. The van der Waals surface area contributed by atoms with E-state index in [1.807, 2.05) is 37.8 Å². The zero-order valence-electron chi connectivity index (χ0n) is 17.9. The van der Waals surface area contributed by atoms with Crippen molar-refractivity contribution < 1.29 is 0 Å². The van der Waals surface area contributed by atoms with Crippen molar-refractivity contribution in [2.75, 3.05) is 18.4 Å². The fraction of sp³-hybridized carbons (Fsp3) is 0.500. The second kappa shape index (κ2) is 9.57. The summed E-state index contributed by atoms with van der Waals surface area (Å²) in [5, 5.41) is 4.15. The van der Waals surface area contributed by atoms with Gasteiger partial charge in [-0.15, -0.1) is 11.3 Å². The maximum atomic E-state index is 4.69. The van der Waals surface area contributed by atoms with Gasteiger partial charge < -0.3 is 5.32 Å². The van der Waals surface area contributed by atoms with Gasteiger partial charge in [-0.3, -0.25) is 4.90 Å². The van der Waals surface area contributed by atoms with Crippen molar-refractivity contribution in [3.63, 3.8) is 0 Å². The number of anilines is 2. The van der Waals surface area contributed by atoms with Crippen LogP contribution in [0.15, 0.2) is 30.9 Å². The van der Waals surface area contributed by atoms with Gasteiger partial charge in [-0.2, -0.15) is 0 Å². The molecule has 4 heterocycles. The van der Waals surface area contributed by atoms with Crippen LogP contribution >= 0.6 is 11.3 Å². The second-order valence-corrected chi connectivity index (χ2v) is 9.52. The predicted molar refractivity (Wildman–Crippen MR) is 120 cm³/mol. The van der Waals surface area contributed by atoms with Crippen LogP contribution < -0.4 is 5.32 Å². The Kier molecular flexibility index (Phi) is 6.64. The molecule has 1 saturated heterocycles. The molecule has 0 amide bonds. The lowest BCUT2D eigenvalue weighted by Gasteiger charge is -2.31. The van der Waals surface area contributed by atoms with Crippen LogP contribution in [0.1, 0.15) is 54.7 Å². The lowest BCUT2D eigenvalue weighted by molar-refractivity contribution is 0.175. The third kappa shape index (κ3) is 5.58. The molecule has 0 unspecified atom stereocenters. The largest absolute Gasteiger partial charge is 0.316 e. The molecule has 0 bridgehead atoms. The van der Waals surface area contributed by atoms with Gasteiger partial charge in [0.15, 0.2) is 5.13 Å². The first-order valence-electron chi connectivity index (χ1n) is 10.6. The van der Waals surface area contributed by atoms with Crippen LogP contribution in [-0.4, -0.2) is 42.9 Å². The van der Waals surface area contributed by atoms with E-state index in [0.717, 1.165) is 61.5 Å². The van der Waals surface area contributed by atoms with E-state index >= 15 is 0 Å². The van der Waals surface area contributed by atoms with Gasteiger partial charge in [0.05, 0.1) is 0 Å². The van der Waals surface area contributed by atoms with Crippen molar-refractivity contribution in [1.82, 2.24) is 29.8 Å². The number of thiazole rings is 1. The Balaban J connectivity index is 1.27. The van der Waals surface area contributed by atoms with Crippen molar-refractivity contribution >= 4 is 22.3 Å². The smallest absolute Gasteiger partial charge is 0.188 e. The number of aryl methyl sites for hydroxylation is 1. The molecule has 1 N–H and O–H groups in total. The molecule has 0 aromatic carbocycles. The van der Waals surface area contributed by atoms with Crippen LogP contribution in [0.25, 0.3) is 0 Å². The van der Waals surface area contributed by atoms with Gasteiger partial charge in [-0.25, -0.2) is 24.9 Å². The predicted octanol–water partition coefficient (Wildman–Crippen LogP) is 4.35. The van der Waals surface area contributed by atoms with Crippen LogP contribution in [-0.2, 0) is 13.0 Å². The van der Waals surface area contributed by atoms with Gasteiger partial charge in [-0.1, -0.05) is 13.8 Å². The molecule has 1 aliphatic rings. The molecule has 3 aromatic heterocycles. The van der Waals surface area contributed by atoms with Crippen LogP contribution in [0.4, 0.5) is 10.9 Å². The number of nitrogens with one attached hydrogen (secondary N) is 1. The quantitative estimate of drug-likeness (QED) is 0.605. The fourth-order valence-electron chi connectivity index (χ4n) is 3.70. The summed E-state index contributed by atoms with van der Waals surface area (Å²) in [6.45, 7) is 9.40. The van der Waals surface area contributed by atoms with Crippen molar-refractivity contribution in [2.24, 2.45) is 5.92 Å². The van der Waals surface area contributed by atoms with E-state index in [2.05, 4.69) is 44.0 Å². The van der Waals surface area contributed by atoms with Crippen molar-refractivity contribution in [3.8, 4) is 0 Å². The van der Waals surface area contributed by atoms with E-state index in [0.29, 0.717) is 11.8 Å². The van der Waals surface area contributed by atoms with E-state index in [-0.39, 0.29) is 0 Å². The zero-order valence-corrected chi connectivity index (χ0v) is 18.7. The summed E-state index contributed by atoms with van der Waals surface area (Å²) in [6, 6.07) is 1.90. The van der Waals surface area contributed by atoms with E-state index in [9.17, 15) is 0 Å². The van der Waals surface area contributed by atoms with Gasteiger partial charge in [0.25, 0.3) is 0 Å². The number of nitrogens with zero attached hydrogens (tertiary/aromatic N) is 6. The summed E-state index contributed by atoms with van der Waals surface area (Å²) in [4.78, 5) is 26.2. The van der Waals surface area contributed by atoms with Crippen molar-refractivity contribution in [1.29, 1.82) is 0 Å². The Bertz CT molecular complexity index is 946. The number of piperidine rings is 1. The first-order valence-corrected chi connectivity index (χ1v) is 11.4.